The molecule has 2 aromatic rings. The first kappa shape index (κ1) is 16.4. The van der Waals surface area contributed by atoms with E-state index in [0.29, 0.717) is 17.1 Å². The number of hydrogen-bond donors (Lipinski definition) is 1. The number of allylic oxidation sites excluding steroid dienone is 1. The molecule has 1 aromatic heterocycles. The van der Waals surface area contributed by atoms with Crippen LogP contribution in [0.3, 0.4) is 0 Å². The molecule has 0 amide bonds. The number of methoxy groups -OCH3 is 2. The molecule has 0 saturated carbocycles. The molecule has 0 fully saturated rings. The van der Waals surface area contributed by atoms with Crippen LogP contribution >= 0.6 is 0 Å². The van der Waals surface area contributed by atoms with Crippen molar-refractivity contribution in [2.45, 2.75) is 6.92 Å². The lowest BCUT2D eigenvalue weighted by molar-refractivity contribution is 0.104. The van der Waals surface area contributed by atoms with Crippen molar-refractivity contribution in [3.8, 4) is 17.2 Å². The molecule has 120 valence electrons. The van der Waals surface area contributed by atoms with Gasteiger partial charge in [-0.15, -0.1) is 0 Å². The number of benzene rings is 1. The van der Waals surface area contributed by atoms with Crippen LogP contribution in [0.1, 0.15) is 21.7 Å². The zero-order valence-corrected chi connectivity index (χ0v) is 13.0. The highest BCUT2D eigenvalue weighted by Gasteiger charge is 2.16. The second kappa shape index (κ2) is 6.83. The van der Waals surface area contributed by atoms with Crippen molar-refractivity contribution < 1.29 is 23.8 Å². The normalized spacial score (nSPS) is 10.7. The van der Waals surface area contributed by atoms with Crippen LogP contribution < -0.4 is 15.1 Å². The van der Waals surface area contributed by atoms with Gasteiger partial charge in [0, 0.05) is 11.6 Å². The summed E-state index contributed by atoms with van der Waals surface area (Å²) >= 11 is 0. The zero-order chi connectivity index (χ0) is 17.0. The van der Waals surface area contributed by atoms with E-state index in [1.165, 1.54) is 39.4 Å². The maximum atomic E-state index is 12.1. The van der Waals surface area contributed by atoms with E-state index < -0.39 is 22.7 Å². The topological polar surface area (TPSA) is 86.0 Å². The van der Waals surface area contributed by atoms with E-state index >= 15 is 0 Å². The lowest BCUT2D eigenvalue weighted by Gasteiger charge is -2.09. The Morgan fingerprint density at radius 1 is 1.26 bits per heavy atom. The zero-order valence-electron chi connectivity index (χ0n) is 13.0. The fraction of sp³-hybridized carbons (Fsp3) is 0.176. The van der Waals surface area contributed by atoms with Crippen molar-refractivity contribution in [3.05, 3.63) is 57.6 Å². The van der Waals surface area contributed by atoms with Crippen molar-refractivity contribution >= 4 is 11.9 Å². The molecule has 0 aliphatic heterocycles. The summed E-state index contributed by atoms with van der Waals surface area (Å²) in [5.74, 6) is 0.119. The molecule has 23 heavy (non-hydrogen) atoms. The summed E-state index contributed by atoms with van der Waals surface area (Å²) in [6.07, 6.45) is 2.64. The van der Waals surface area contributed by atoms with Crippen molar-refractivity contribution in [1.29, 1.82) is 0 Å². The lowest BCUT2D eigenvalue weighted by Crippen LogP contribution is -2.12. The Morgan fingerprint density at radius 3 is 2.61 bits per heavy atom. The van der Waals surface area contributed by atoms with Crippen LogP contribution in [0.4, 0.5) is 0 Å². The minimum absolute atomic E-state index is 0.225. The second-order valence-corrected chi connectivity index (χ2v) is 4.69. The molecule has 0 radical (unpaired) electrons. The Bertz CT molecular complexity index is 816. The van der Waals surface area contributed by atoms with Crippen molar-refractivity contribution in [1.82, 2.24) is 0 Å². The van der Waals surface area contributed by atoms with Gasteiger partial charge in [0.1, 0.15) is 17.1 Å². The molecule has 0 aliphatic carbocycles. The standard InChI is InChI=1S/C17H16O6/c1-10-9-13(19)15(17(20)23-10)12(18)8-7-11-5-4-6-14(21-2)16(11)22-3/h4-9,19H,1-3H3/b8-7+. The first-order valence-electron chi connectivity index (χ1n) is 6.75. The largest absolute Gasteiger partial charge is 0.507 e. The molecule has 1 aromatic carbocycles. The van der Waals surface area contributed by atoms with Gasteiger partial charge in [-0.25, -0.2) is 4.79 Å². The van der Waals surface area contributed by atoms with Crippen LogP contribution in [0.5, 0.6) is 17.2 Å². The molecule has 0 spiro atoms. The van der Waals surface area contributed by atoms with Crippen LogP contribution in [-0.2, 0) is 0 Å². The molecule has 6 nitrogen and oxygen atoms in total. The van der Waals surface area contributed by atoms with Gasteiger partial charge in [0.15, 0.2) is 17.3 Å². The van der Waals surface area contributed by atoms with Crippen LogP contribution in [0.15, 0.2) is 39.6 Å². The monoisotopic (exact) mass is 316 g/mol. The van der Waals surface area contributed by atoms with E-state index in [-0.39, 0.29) is 5.76 Å². The van der Waals surface area contributed by atoms with Crippen molar-refractivity contribution in [2.24, 2.45) is 0 Å². The summed E-state index contributed by atoms with van der Waals surface area (Å²) in [5.41, 5.74) is -0.695. The summed E-state index contributed by atoms with van der Waals surface area (Å²) in [4.78, 5) is 23.9. The quantitative estimate of drug-likeness (QED) is 0.674. The summed E-state index contributed by atoms with van der Waals surface area (Å²) in [6, 6.07) is 6.40. The SMILES string of the molecule is COc1cccc(/C=C/C(=O)c2c(O)cc(C)oc2=O)c1OC. The van der Waals surface area contributed by atoms with E-state index in [4.69, 9.17) is 13.9 Å². The van der Waals surface area contributed by atoms with Gasteiger partial charge in [0.2, 0.25) is 0 Å². The first-order chi connectivity index (χ1) is 11.0. The van der Waals surface area contributed by atoms with E-state index in [2.05, 4.69) is 0 Å². The minimum Gasteiger partial charge on any atom is -0.507 e. The van der Waals surface area contributed by atoms with Crippen molar-refractivity contribution in [2.75, 3.05) is 14.2 Å². The Hall–Kier alpha value is -3.02. The number of aryl methyl sites for hydroxylation is 1. The molecule has 0 aliphatic rings. The number of ketones is 1. The summed E-state index contributed by atoms with van der Waals surface area (Å²) < 4.78 is 15.3. The highest BCUT2D eigenvalue weighted by Crippen LogP contribution is 2.31. The number of rotatable bonds is 5. The first-order valence-corrected chi connectivity index (χ1v) is 6.75. The third-order valence-electron chi connectivity index (χ3n) is 3.15. The van der Waals surface area contributed by atoms with Gasteiger partial charge in [-0.1, -0.05) is 12.1 Å². The van der Waals surface area contributed by atoms with E-state index in [1.54, 1.807) is 18.2 Å². The van der Waals surface area contributed by atoms with Crippen LogP contribution in [0, 0.1) is 6.92 Å². The van der Waals surface area contributed by atoms with E-state index in [0.717, 1.165) is 0 Å². The Kier molecular flexibility index (Phi) is 4.85. The minimum atomic E-state index is -0.880. The number of ether oxygens (including phenoxy) is 2. The van der Waals surface area contributed by atoms with Gasteiger partial charge in [0.25, 0.3) is 0 Å². The van der Waals surface area contributed by atoms with Crippen molar-refractivity contribution in [3.63, 3.8) is 0 Å². The fourth-order valence-corrected chi connectivity index (χ4v) is 2.11. The van der Waals surface area contributed by atoms with Crippen LogP contribution in [0.25, 0.3) is 6.08 Å². The smallest absolute Gasteiger partial charge is 0.351 e. The predicted octanol–water partition coefficient (Wildman–Crippen LogP) is 2.57. The Labute approximate surface area is 132 Å². The maximum Gasteiger partial charge on any atom is 0.351 e. The number of aromatic hydroxyl groups is 1. The summed E-state index contributed by atoms with van der Waals surface area (Å²) in [6.45, 7) is 1.51. The number of hydrogen-bond acceptors (Lipinski definition) is 6. The number of para-hydroxylation sites is 1. The molecule has 6 heteroatoms. The van der Waals surface area contributed by atoms with Gasteiger partial charge in [0.05, 0.1) is 14.2 Å². The molecule has 1 N–H and O–H groups in total. The van der Waals surface area contributed by atoms with E-state index in [9.17, 15) is 14.7 Å². The fourth-order valence-electron chi connectivity index (χ4n) is 2.11. The third-order valence-corrected chi connectivity index (χ3v) is 3.15. The third kappa shape index (κ3) is 3.42. The average molecular weight is 316 g/mol. The molecule has 2 rings (SSSR count). The van der Waals surface area contributed by atoms with Gasteiger partial charge >= 0.3 is 5.63 Å². The highest BCUT2D eigenvalue weighted by molar-refractivity contribution is 6.08. The van der Waals surface area contributed by atoms with Gasteiger partial charge in [-0.3, -0.25) is 4.79 Å². The molecule has 1 heterocycles. The maximum absolute atomic E-state index is 12.1. The summed E-state index contributed by atoms with van der Waals surface area (Å²) in [7, 11) is 2.99. The molecular weight excluding hydrogens is 300 g/mol. The predicted molar refractivity (Wildman–Crippen MR) is 84.3 cm³/mol. The molecule has 0 atom stereocenters. The molecular formula is C17H16O6. The lowest BCUT2D eigenvalue weighted by atomic mass is 10.1. The summed E-state index contributed by atoms with van der Waals surface area (Å²) in [5, 5.41) is 9.76. The van der Waals surface area contributed by atoms with Gasteiger partial charge in [-0.05, 0) is 25.1 Å². The van der Waals surface area contributed by atoms with Gasteiger partial charge < -0.3 is 19.0 Å². The molecule has 0 unspecified atom stereocenters. The Morgan fingerprint density at radius 2 is 2.00 bits per heavy atom. The molecule has 0 bridgehead atoms. The highest BCUT2D eigenvalue weighted by atomic mass is 16.5. The number of carbonyl (C=O) groups is 1. The van der Waals surface area contributed by atoms with Crippen LogP contribution in [-0.4, -0.2) is 25.1 Å². The molecule has 0 saturated heterocycles. The van der Waals surface area contributed by atoms with E-state index in [1.807, 2.05) is 0 Å². The van der Waals surface area contributed by atoms with Gasteiger partial charge in [-0.2, -0.15) is 0 Å². The Balaban J connectivity index is 2.38. The average Bonchev–Trinajstić information content (AvgIpc) is 2.51. The second-order valence-electron chi connectivity index (χ2n) is 4.69. The number of carbonyl (C=O) groups excluding carboxylic acids is 1. The van der Waals surface area contributed by atoms with Crippen LogP contribution in [0.2, 0.25) is 0 Å².